The van der Waals surface area contributed by atoms with Gasteiger partial charge in [-0.05, 0) is 0 Å². The van der Waals surface area contributed by atoms with Crippen LogP contribution in [0.1, 0.15) is 11.1 Å². The fraction of sp³-hybridized carbons (Fsp3) is 0. The van der Waals surface area contributed by atoms with E-state index in [0.717, 1.165) is 12.1 Å². The summed E-state index contributed by atoms with van der Waals surface area (Å²) in [7, 11) is 0. The molecule has 15 heavy (non-hydrogen) atoms. The Bertz CT molecular complexity index is 492. The van der Waals surface area contributed by atoms with E-state index in [4.69, 9.17) is 16.7 Å². The Balaban J connectivity index is 3.54. The van der Waals surface area contributed by atoms with Gasteiger partial charge in [0.05, 0.1) is 16.2 Å². The number of nitrogen functional groups attached to an aromatic ring is 1. The summed E-state index contributed by atoms with van der Waals surface area (Å²) in [5.74, 6) is 0. The van der Waals surface area contributed by atoms with Crippen molar-refractivity contribution in [3.05, 3.63) is 33.4 Å². The van der Waals surface area contributed by atoms with Gasteiger partial charge in [0, 0.05) is 17.7 Å². The molecule has 0 spiro atoms. The van der Waals surface area contributed by atoms with Gasteiger partial charge in [-0.2, -0.15) is 5.26 Å². The number of hydrogen-bond donors (Lipinski definition) is 2. The first-order valence-corrected chi connectivity index (χ1v) is 4.16. The molecular weight excluding hydrogens is 216 g/mol. The van der Waals surface area contributed by atoms with E-state index in [9.17, 15) is 10.1 Å². The minimum Gasteiger partial charge on any atom is -0.397 e. The number of benzene rings is 1. The minimum atomic E-state index is -0.637. The largest absolute Gasteiger partial charge is 0.397 e. The highest BCUT2D eigenvalue weighted by atomic mass is 32.1. The molecule has 0 unspecified atom stereocenters. The van der Waals surface area contributed by atoms with Crippen LogP contribution in [0.3, 0.4) is 0 Å². The Kier molecular flexibility index (Phi) is 2.82. The van der Waals surface area contributed by atoms with Gasteiger partial charge in [0.1, 0.15) is 11.1 Å². The van der Waals surface area contributed by atoms with Gasteiger partial charge < -0.3 is 11.5 Å². The zero-order valence-corrected chi connectivity index (χ0v) is 8.25. The molecular formula is C8H6N4O2S. The Morgan fingerprint density at radius 3 is 2.60 bits per heavy atom. The summed E-state index contributed by atoms with van der Waals surface area (Å²) in [6.07, 6.45) is 0. The maximum absolute atomic E-state index is 10.5. The van der Waals surface area contributed by atoms with Crippen LogP contribution in [0.2, 0.25) is 0 Å². The molecule has 0 amide bonds. The number of nitriles is 1. The van der Waals surface area contributed by atoms with Crippen LogP contribution < -0.4 is 11.5 Å². The second kappa shape index (κ2) is 3.89. The van der Waals surface area contributed by atoms with Gasteiger partial charge in [-0.25, -0.2) is 0 Å². The van der Waals surface area contributed by atoms with Crippen molar-refractivity contribution in [1.29, 1.82) is 5.26 Å². The summed E-state index contributed by atoms with van der Waals surface area (Å²) in [6.45, 7) is 0. The van der Waals surface area contributed by atoms with Crippen molar-refractivity contribution in [1.82, 2.24) is 0 Å². The van der Waals surface area contributed by atoms with Crippen LogP contribution in [0.5, 0.6) is 0 Å². The van der Waals surface area contributed by atoms with Crippen molar-refractivity contribution in [2.24, 2.45) is 5.73 Å². The van der Waals surface area contributed by atoms with Crippen LogP contribution in [0.15, 0.2) is 12.1 Å². The standard InChI is InChI=1S/C8H6N4O2S/c9-3-4-1-5(12(13)14)2-6(7(4)10)8(11)15/h1-2H,10H2,(H2,11,15). The fourth-order valence-electron chi connectivity index (χ4n) is 1.04. The van der Waals surface area contributed by atoms with Crippen molar-refractivity contribution in [2.75, 3.05) is 5.73 Å². The zero-order chi connectivity index (χ0) is 11.6. The number of nitro groups is 1. The molecule has 1 aromatic rings. The molecule has 1 aromatic carbocycles. The summed E-state index contributed by atoms with van der Waals surface area (Å²) in [5.41, 5.74) is 10.8. The maximum atomic E-state index is 10.5. The first-order chi connectivity index (χ1) is 6.97. The number of nitrogens with two attached hydrogens (primary N) is 2. The topological polar surface area (TPSA) is 119 Å². The molecule has 0 aromatic heterocycles. The predicted molar refractivity (Wildman–Crippen MR) is 58.1 cm³/mol. The lowest BCUT2D eigenvalue weighted by molar-refractivity contribution is -0.384. The second-order valence-electron chi connectivity index (χ2n) is 2.69. The van der Waals surface area contributed by atoms with Crippen LogP contribution in [0, 0.1) is 21.4 Å². The third-order valence-electron chi connectivity index (χ3n) is 1.76. The van der Waals surface area contributed by atoms with Crippen molar-refractivity contribution < 1.29 is 4.92 Å². The highest BCUT2D eigenvalue weighted by Crippen LogP contribution is 2.24. The molecule has 76 valence electrons. The molecule has 0 saturated heterocycles. The van der Waals surface area contributed by atoms with Crippen molar-refractivity contribution in [3.8, 4) is 6.07 Å². The molecule has 0 aliphatic heterocycles. The van der Waals surface area contributed by atoms with Crippen molar-refractivity contribution >= 4 is 28.6 Å². The minimum absolute atomic E-state index is 0.00741. The fourth-order valence-corrected chi connectivity index (χ4v) is 1.21. The van der Waals surface area contributed by atoms with Gasteiger partial charge in [0.2, 0.25) is 0 Å². The van der Waals surface area contributed by atoms with Crippen LogP contribution in [0.4, 0.5) is 11.4 Å². The quantitative estimate of drug-likeness (QED) is 0.328. The van der Waals surface area contributed by atoms with E-state index in [1.165, 1.54) is 0 Å². The van der Waals surface area contributed by atoms with Gasteiger partial charge in [0.25, 0.3) is 5.69 Å². The van der Waals surface area contributed by atoms with E-state index in [1.54, 1.807) is 6.07 Å². The average Bonchev–Trinajstić information content (AvgIpc) is 2.17. The van der Waals surface area contributed by atoms with Gasteiger partial charge in [-0.15, -0.1) is 0 Å². The van der Waals surface area contributed by atoms with Gasteiger partial charge >= 0.3 is 0 Å². The zero-order valence-electron chi connectivity index (χ0n) is 7.43. The third-order valence-corrected chi connectivity index (χ3v) is 1.98. The number of nitro benzene ring substituents is 1. The average molecular weight is 222 g/mol. The molecule has 6 nitrogen and oxygen atoms in total. The molecule has 0 radical (unpaired) electrons. The molecule has 0 saturated carbocycles. The first-order valence-electron chi connectivity index (χ1n) is 3.75. The van der Waals surface area contributed by atoms with E-state index in [2.05, 4.69) is 12.2 Å². The summed E-state index contributed by atoms with van der Waals surface area (Å²) in [4.78, 5) is 9.81. The highest BCUT2D eigenvalue weighted by Gasteiger charge is 2.15. The monoisotopic (exact) mass is 222 g/mol. The molecule has 4 N–H and O–H groups in total. The summed E-state index contributed by atoms with van der Waals surface area (Å²) < 4.78 is 0. The summed E-state index contributed by atoms with van der Waals surface area (Å²) >= 11 is 4.67. The Hall–Kier alpha value is -2.20. The normalized spacial score (nSPS) is 9.27. The molecule has 1 rings (SSSR count). The van der Waals surface area contributed by atoms with Gasteiger partial charge in [-0.3, -0.25) is 10.1 Å². The van der Waals surface area contributed by atoms with Crippen molar-refractivity contribution in [2.45, 2.75) is 0 Å². The molecule has 0 bridgehead atoms. The number of hydrogen-bond acceptors (Lipinski definition) is 5. The number of non-ortho nitro benzene ring substituents is 1. The Morgan fingerprint density at radius 2 is 2.20 bits per heavy atom. The lowest BCUT2D eigenvalue weighted by atomic mass is 10.1. The third kappa shape index (κ3) is 2.00. The van der Waals surface area contributed by atoms with E-state index >= 15 is 0 Å². The van der Waals surface area contributed by atoms with Gasteiger partial charge in [-0.1, -0.05) is 12.2 Å². The van der Waals surface area contributed by atoms with Crippen LogP contribution in [-0.4, -0.2) is 9.91 Å². The highest BCUT2D eigenvalue weighted by molar-refractivity contribution is 7.80. The van der Waals surface area contributed by atoms with E-state index < -0.39 is 4.92 Å². The van der Waals surface area contributed by atoms with Crippen molar-refractivity contribution in [3.63, 3.8) is 0 Å². The molecule has 0 aliphatic carbocycles. The maximum Gasteiger partial charge on any atom is 0.271 e. The SMILES string of the molecule is N#Cc1cc([N+](=O)[O-])cc(C(N)=S)c1N. The molecule has 0 fully saturated rings. The molecule has 0 aliphatic rings. The van der Waals surface area contributed by atoms with Crippen LogP contribution in [-0.2, 0) is 0 Å². The molecule has 7 heteroatoms. The number of nitrogens with zero attached hydrogens (tertiary/aromatic N) is 2. The smallest absolute Gasteiger partial charge is 0.271 e. The Labute approximate surface area is 90.2 Å². The number of rotatable bonds is 2. The first kappa shape index (κ1) is 10.9. The van der Waals surface area contributed by atoms with E-state index in [-0.39, 0.29) is 27.5 Å². The summed E-state index contributed by atoms with van der Waals surface area (Å²) in [6, 6.07) is 3.97. The van der Waals surface area contributed by atoms with E-state index in [0.29, 0.717) is 0 Å². The second-order valence-corrected chi connectivity index (χ2v) is 3.13. The number of thiocarbonyl (C=S) groups is 1. The molecule has 0 atom stereocenters. The van der Waals surface area contributed by atoms with Crippen LogP contribution >= 0.6 is 12.2 Å². The summed E-state index contributed by atoms with van der Waals surface area (Å²) in [5, 5.41) is 19.2. The van der Waals surface area contributed by atoms with Gasteiger partial charge in [0.15, 0.2) is 0 Å². The Morgan fingerprint density at radius 1 is 1.60 bits per heavy atom. The lowest BCUT2D eigenvalue weighted by Gasteiger charge is -2.04. The van der Waals surface area contributed by atoms with E-state index in [1.807, 2.05) is 0 Å². The lowest BCUT2D eigenvalue weighted by Crippen LogP contribution is -2.13. The number of anilines is 1. The molecule has 0 heterocycles. The van der Waals surface area contributed by atoms with Crippen LogP contribution in [0.25, 0.3) is 0 Å². The predicted octanol–water partition coefficient (Wildman–Crippen LogP) is 0.683.